The van der Waals surface area contributed by atoms with Gasteiger partial charge in [0.25, 0.3) is 0 Å². The molecule has 4 heterocycles. The van der Waals surface area contributed by atoms with E-state index >= 15 is 0 Å². The van der Waals surface area contributed by atoms with E-state index in [0.29, 0.717) is 24.8 Å². The second-order valence-corrected chi connectivity index (χ2v) is 8.73. The Morgan fingerprint density at radius 3 is 2.77 bits per heavy atom. The molecule has 6 rings (SSSR count). The Morgan fingerprint density at radius 1 is 1.15 bits per heavy atom. The van der Waals surface area contributed by atoms with Crippen LogP contribution >= 0.6 is 0 Å². The first kappa shape index (κ1) is 16.7. The van der Waals surface area contributed by atoms with Crippen LogP contribution in [-0.4, -0.2) is 28.4 Å². The Labute approximate surface area is 154 Å². The maximum atomic E-state index is 13.1. The van der Waals surface area contributed by atoms with Gasteiger partial charge in [-0.2, -0.15) is 0 Å². The van der Waals surface area contributed by atoms with Crippen LogP contribution in [0.2, 0.25) is 0 Å². The van der Waals surface area contributed by atoms with E-state index < -0.39 is 11.4 Å². The third kappa shape index (κ3) is 2.30. The number of hydrogen-bond donors (Lipinski definition) is 0. The van der Waals surface area contributed by atoms with Gasteiger partial charge in [-0.05, 0) is 43.6 Å². The lowest BCUT2D eigenvalue weighted by Crippen LogP contribution is -2.72. The van der Waals surface area contributed by atoms with Gasteiger partial charge in [-0.1, -0.05) is 37.3 Å². The summed E-state index contributed by atoms with van der Waals surface area (Å²) < 4.78 is 6.49. The summed E-state index contributed by atoms with van der Waals surface area (Å²) in [6, 6.07) is 10.1. The molecule has 1 aromatic carbocycles. The molecule has 4 saturated heterocycles. The minimum absolute atomic E-state index is 0.169. The number of rotatable bonds is 2. The molecule has 140 valence electrons. The number of fused-ring (bicyclic) bond motifs is 2. The van der Waals surface area contributed by atoms with Crippen LogP contribution in [0.25, 0.3) is 0 Å². The lowest BCUT2D eigenvalue weighted by Gasteiger charge is -2.60. The van der Waals surface area contributed by atoms with Crippen LogP contribution in [0.15, 0.2) is 30.3 Å². The summed E-state index contributed by atoms with van der Waals surface area (Å²) in [6.45, 7) is 4.81. The largest absolute Gasteiger partial charge is 0.321 e. The number of amides is 1. The molecule has 5 heteroatoms. The van der Waals surface area contributed by atoms with Gasteiger partial charge in [0.1, 0.15) is 0 Å². The van der Waals surface area contributed by atoms with Crippen molar-refractivity contribution in [3.05, 3.63) is 35.9 Å². The number of nitrogens with zero attached hydrogens (tertiary/aromatic N) is 1. The number of carbonyl (C=O) groups is 1. The summed E-state index contributed by atoms with van der Waals surface area (Å²) >= 11 is 0. The van der Waals surface area contributed by atoms with Crippen LogP contribution in [0.5, 0.6) is 0 Å². The summed E-state index contributed by atoms with van der Waals surface area (Å²) in [5, 5.41) is 0. The van der Waals surface area contributed by atoms with Crippen molar-refractivity contribution < 1.29 is 19.3 Å². The Kier molecular flexibility index (Phi) is 3.72. The van der Waals surface area contributed by atoms with Gasteiger partial charge in [0.2, 0.25) is 11.7 Å². The van der Waals surface area contributed by atoms with Gasteiger partial charge in [0, 0.05) is 25.3 Å². The predicted octanol–water partition coefficient (Wildman–Crippen LogP) is 3.63. The maximum Gasteiger partial charge on any atom is 0.225 e. The molecule has 5 nitrogen and oxygen atoms in total. The molecular weight excluding hydrogens is 330 g/mol. The highest BCUT2D eigenvalue weighted by atomic mass is 17.3. The molecule has 6 atom stereocenters. The van der Waals surface area contributed by atoms with E-state index in [0.717, 1.165) is 31.2 Å². The molecule has 5 aliphatic rings. The van der Waals surface area contributed by atoms with Crippen molar-refractivity contribution in [3.8, 4) is 0 Å². The highest BCUT2D eigenvalue weighted by molar-refractivity contribution is 5.78. The number of benzene rings is 1. The van der Waals surface area contributed by atoms with Crippen molar-refractivity contribution in [2.75, 3.05) is 0 Å². The Morgan fingerprint density at radius 2 is 1.96 bits per heavy atom. The standard InChI is InChI=1S/C21H27NO4/c1-14-8-9-16-12-18(23)22(13-15-6-4-3-5-7-15)19-21(16)17(14)10-11-20(2,24-19)25-26-21/h3-7,14,16-17,19H,8-13H2,1-2H3/t14-,16-,17-,19-,20+,21+/m0/s1. The van der Waals surface area contributed by atoms with Crippen LogP contribution in [0.1, 0.15) is 51.5 Å². The van der Waals surface area contributed by atoms with Crippen molar-refractivity contribution in [3.63, 3.8) is 0 Å². The molecule has 5 fully saturated rings. The zero-order valence-electron chi connectivity index (χ0n) is 15.5. The summed E-state index contributed by atoms with van der Waals surface area (Å²) in [5.41, 5.74) is 0.585. The Hall–Kier alpha value is -1.43. The van der Waals surface area contributed by atoms with E-state index in [1.165, 1.54) is 0 Å². The number of likely N-dealkylation sites (tertiary alicyclic amines) is 1. The molecule has 1 aromatic rings. The molecule has 0 unspecified atom stereocenters. The van der Waals surface area contributed by atoms with Crippen molar-refractivity contribution in [1.82, 2.24) is 4.90 Å². The van der Waals surface area contributed by atoms with Gasteiger partial charge in [-0.15, -0.1) is 0 Å². The van der Waals surface area contributed by atoms with Crippen molar-refractivity contribution >= 4 is 5.91 Å². The zero-order valence-corrected chi connectivity index (χ0v) is 15.5. The van der Waals surface area contributed by atoms with Crippen molar-refractivity contribution in [1.29, 1.82) is 0 Å². The fraction of sp³-hybridized carbons (Fsp3) is 0.667. The van der Waals surface area contributed by atoms with Crippen molar-refractivity contribution in [2.45, 2.75) is 70.1 Å². The monoisotopic (exact) mass is 357 g/mol. The van der Waals surface area contributed by atoms with E-state index in [1.54, 1.807) is 0 Å². The molecular formula is C21H27NO4. The lowest BCUT2D eigenvalue weighted by molar-refractivity contribution is -0.546. The molecule has 1 saturated carbocycles. The SMILES string of the molecule is C[C@H]1CC[C@H]2CC(=O)N(Cc3ccccc3)[C@H]3O[C@@]4(C)CC[C@@H]1[C@]23OO4. The predicted molar refractivity (Wildman–Crippen MR) is 94.4 cm³/mol. The molecule has 1 spiro atoms. The minimum Gasteiger partial charge on any atom is -0.321 e. The molecule has 1 aliphatic carbocycles. The van der Waals surface area contributed by atoms with Gasteiger partial charge in [0.05, 0.1) is 0 Å². The molecule has 26 heavy (non-hydrogen) atoms. The van der Waals surface area contributed by atoms with E-state index in [2.05, 4.69) is 19.1 Å². The molecule has 1 amide bonds. The fourth-order valence-corrected chi connectivity index (χ4v) is 5.71. The van der Waals surface area contributed by atoms with E-state index in [1.807, 2.05) is 30.0 Å². The summed E-state index contributed by atoms with van der Waals surface area (Å²) in [4.78, 5) is 27.0. The topological polar surface area (TPSA) is 48.0 Å². The molecule has 0 radical (unpaired) electrons. The normalized spacial score (nSPS) is 44.5. The number of ether oxygens (including phenoxy) is 1. The highest BCUT2D eigenvalue weighted by Gasteiger charge is 2.68. The first-order valence-electron chi connectivity index (χ1n) is 9.90. The van der Waals surface area contributed by atoms with Gasteiger partial charge < -0.3 is 9.64 Å². The van der Waals surface area contributed by atoms with Gasteiger partial charge in [0.15, 0.2) is 11.8 Å². The number of piperidine rings is 1. The fourth-order valence-electron chi connectivity index (χ4n) is 5.71. The van der Waals surface area contributed by atoms with Crippen LogP contribution in [-0.2, 0) is 25.9 Å². The molecule has 0 aromatic heterocycles. The average Bonchev–Trinajstić information content (AvgIpc) is 2.87. The summed E-state index contributed by atoms with van der Waals surface area (Å²) in [5.74, 6) is 0.484. The maximum absolute atomic E-state index is 13.1. The summed E-state index contributed by atoms with van der Waals surface area (Å²) in [7, 11) is 0. The van der Waals surface area contributed by atoms with Crippen molar-refractivity contribution in [2.24, 2.45) is 17.8 Å². The van der Waals surface area contributed by atoms with Gasteiger partial charge in [-0.3, -0.25) is 4.79 Å². The zero-order chi connectivity index (χ0) is 17.9. The second-order valence-electron chi connectivity index (χ2n) is 8.73. The van der Waals surface area contributed by atoms with Crippen LogP contribution in [0.4, 0.5) is 0 Å². The Bertz CT molecular complexity index is 705. The smallest absolute Gasteiger partial charge is 0.225 e. The van der Waals surface area contributed by atoms with Gasteiger partial charge in [-0.25, -0.2) is 9.78 Å². The molecule has 2 bridgehead atoms. The van der Waals surface area contributed by atoms with Crippen LogP contribution in [0, 0.1) is 17.8 Å². The number of hydrogen-bond acceptors (Lipinski definition) is 4. The number of carbonyl (C=O) groups excluding carboxylic acids is 1. The molecule has 0 N–H and O–H groups in total. The van der Waals surface area contributed by atoms with Crippen LogP contribution in [0.3, 0.4) is 0 Å². The molecule has 4 aliphatic heterocycles. The van der Waals surface area contributed by atoms with Crippen LogP contribution < -0.4 is 0 Å². The summed E-state index contributed by atoms with van der Waals surface area (Å²) in [6.07, 6.45) is 4.13. The first-order chi connectivity index (χ1) is 12.5. The third-order valence-corrected chi connectivity index (χ3v) is 7.11. The minimum atomic E-state index is -0.774. The lowest BCUT2D eigenvalue weighted by atomic mass is 9.59. The van der Waals surface area contributed by atoms with E-state index in [-0.39, 0.29) is 18.1 Å². The Balaban J connectivity index is 1.58. The quantitative estimate of drug-likeness (QED) is 0.759. The second kappa shape index (κ2) is 5.78. The van der Waals surface area contributed by atoms with E-state index in [9.17, 15) is 4.79 Å². The first-order valence-corrected chi connectivity index (χ1v) is 9.90. The third-order valence-electron chi connectivity index (χ3n) is 7.11. The average molecular weight is 357 g/mol. The highest BCUT2D eigenvalue weighted by Crippen LogP contribution is 2.59. The van der Waals surface area contributed by atoms with E-state index in [4.69, 9.17) is 14.5 Å². The van der Waals surface area contributed by atoms with Gasteiger partial charge >= 0.3 is 0 Å².